The molecule has 0 radical (unpaired) electrons. The van der Waals surface area contributed by atoms with Gasteiger partial charge < -0.3 is 0 Å². The van der Waals surface area contributed by atoms with Gasteiger partial charge in [0, 0.05) is 9.58 Å². The molecule has 1 aromatic heterocycles. The average Bonchev–Trinajstić information content (AvgIpc) is 2.89. The van der Waals surface area contributed by atoms with E-state index in [2.05, 4.69) is 82.3 Å². The molecule has 114 valence electrons. The van der Waals surface area contributed by atoms with Crippen LogP contribution >= 0.6 is 11.3 Å². The monoisotopic (exact) mass is 308 g/mol. The van der Waals surface area contributed by atoms with Crippen LogP contribution in [-0.2, 0) is 0 Å². The topological polar surface area (TPSA) is 0 Å². The number of rotatable bonds is 3. The predicted octanol–water partition coefficient (Wildman–Crippen LogP) is 7.11. The fourth-order valence-corrected chi connectivity index (χ4v) is 4.20. The molecule has 0 amide bonds. The first-order chi connectivity index (χ1) is 10.4. The summed E-state index contributed by atoms with van der Waals surface area (Å²) in [5.74, 6) is 0.608. The largest absolute Gasteiger partial charge is 0.135 e. The zero-order valence-corrected chi connectivity index (χ0v) is 14.7. The minimum Gasteiger partial charge on any atom is -0.135 e. The minimum absolute atomic E-state index is 0.379. The van der Waals surface area contributed by atoms with Gasteiger partial charge in [-0.1, -0.05) is 70.2 Å². The van der Waals surface area contributed by atoms with E-state index in [0.29, 0.717) is 11.3 Å². The molecule has 0 nitrogen and oxygen atoms in total. The lowest BCUT2D eigenvalue weighted by Gasteiger charge is -2.23. The van der Waals surface area contributed by atoms with Gasteiger partial charge in [0.2, 0.25) is 0 Å². The van der Waals surface area contributed by atoms with Gasteiger partial charge in [-0.2, -0.15) is 0 Å². The van der Waals surface area contributed by atoms with Crippen LogP contribution in [0.3, 0.4) is 0 Å². The van der Waals surface area contributed by atoms with Gasteiger partial charge in [-0.15, -0.1) is 11.3 Å². The highest BCUT2D eigenvalue weighted by Crippen LogP contribution is 2.35. The number of hydrogen-bond acceptors (Lipinski definition) is 1. The van der Waals surface area contributed by atoms with Gasteiger partial charge in [0.05, 0.1) is 0 Å². The van der Waals surface area contributed by atoms with Gasteiger partial charge in [0.25, 0.3) is 0 Å². The highest BCUT2D eigenvalue weighted by atomic mass is 32.1. The molecule has 1 unspecified atom stereocenters. The molecule has 0 aliphatic heterocycles. The summed E-state index contributed by atoms with van der Waals surface area (Å²) in [6.07, 6.45) is 1.22. The van der Waals surface area contributed by atoms with Gasteiger partial charge in [-0.05, 0) is 46.4 Å². The Morgan fingerprint density at radius 2 is 1.64 bits per heavy atom. The molecule has 0 saturated carbocycles. The van der Waals surface area contributed by atoms with Crippen molar-refractivity contribution in [2.75, 3.05) is 0 Å². The van der Waals surface area contributed by atoms with Crippen molar-refractivity contribution in [1.82, 2.24) is 0 Å². The molecule has 0 aliphatic carbocycles. The van der Waals surface area contributed by atoms with E-state index >= 15 is 0 Å². The zero-order chi connectivity index (χ0) is 15.7. The third kappa shape index (κ3) is 3.41. The maximum Gasteiger partial charge on any atom is 0.0355 e. The summed E-state index contributed by atoms with van der Waals surface area (Å²) in [5, 5.41) is 1.34. The Kier molecular flexibility index (Phi) is 4.10. The first-order valence-electron chi connectivity index (χ1n) is 8.01. The van der Waals surface area contributed by atoms with Crippen LogP contribution in [-0.4, -0.2) is 0 Å². The maximum atomic E-state index is 2.33. The Balaban J connectivity index is 1.84. The molecule has 0 aliphatic rings. The zero-order valence-electron chi connectivity index (χ0n) is 13.9. The van der Waals surface area contributed by atoms with Crippen LogP contribution in [0.1, 0.15) is 45.6 Å². The highest BCUT2D eigenvalue weighted by molar-refractivity contribution is 7.22. The van der Waals surface area contributed by atoms with Crippen LogP contribution in [0.4, 0.5) is 0 Å². The molecule has 22 heavy (non-hydrogen) atoms. The average molecular weight is 308 g/mol. The van der Waals surface area contributed by atoms with Crippen molar-refractivity contribution in [3.05, 3.63) is 60.2 Å². The van der Waals surface area contributed by atoms with Crippen LogP contribution in [0.15, 0.2) is 54.6 Å². The molecule has 3 rings (SSSR count). The van der Waals surface area contributed by atoms with Crippen molar-refractivity contribution >= 4 is 21.4 Å². The molecule has 0 N–H and O–H groups in total. The predicted molar refractivity (Wildman–Crippen MR) is 99.7 cm³/mol. The summed E-state index contributed by atoms with van der Waals surface area (Å²) in [6.45, 7) is 9.28. The standard InChI is InChI=1S/C21H24S/c1-15(14-21(2,3)4)16-9-11-17(12-10-16)20-13-18-7-5-6-8-19(18)22-20/h5-13,15H,14H2,1-4H3. The van der Waals surface area contributed by atoms with Crippen molar-refractivity contribution in [3.8, 4) is 10.4 Å². The Labute approximate surface area is 137 Å². The van der Waals surface area contributed by atoms with Gasteiger partial charge in [0.15, 0.2) is 0 Å². The van der Waals surface area contributed by atoms with Crippen LogP contribution in [0.5, 0.6) is 0 Å². The summed E-state index contributed by atoms with van der Waals surface area (Å²) < 4.78 is 1.36. The van der Waals surface area contributed by atoms with Crippen molar-refractivity contribution in [2.45, 2.75) is 40.0 Å². The van der Waals surface area contributed by atoms with Crippen LogP contribution < -0.4 is 0 Å². The number of fused-ring (bicyclic) bond motifs is 1. The Morgan fingerprint density at radius 1 is 0.955 bits per heavy atom. The summed E-state index contributed by atoms with van der Waals surface area (Å²) in [7, 11) is 0. The Morgan fingerprint density at radius 3 is 2.27 bits per heavy atom. The molecule has 2 aromatic carbocycles. The van der Waals surface area contributed by atoms with E-state index in [4.69, 9.17) is 0 Å². The molecule has 0 saturated heterocycles. The second-order valence-corrected chi connectivity index (χ2v) is 8.52. The second-order valence-electron chi connectivity index (χ2n) is 7.44. The van der Waals surface area contributed by atoms with Crippen molar-refractivity contribution in [1.29, 1.82) is 0 Å². The first kappa shape index (κ1) is 15.3. The van der Waals surface area contributed by atoms with Crippen LogP contribution in [0, 0.1) is 5.41 Å². The van der Waals surface area contributed by atoms with Crippen LogP contribution in [0.25, 0.3) is 20.5 Å². The van der Waals surface area contributed by atoms with E-state index in [9.17, 15) is 0 Å². The van der Waals surface area contributed by atoms with E-state index in [1.807, 2.05) is 11.3 Å². The van der Waals surface area contributed by atoms with E-state index in [1.165, 1.54) is 32.5 Å². The lowest BCUT2D eigenvalue weighted by Crippen LogP contribution is -2.09. The molecule has 1 atom stereocenters. The van der Waals surface area contributed by atoms with E-state index in [1.54, 1.807) is 0 Å². The third-order valence-corrected chi connectivity index (χ3v) is 5.27. The molecule has 0 fully saturated rings. The van der Waals surface area contributed by atoms with E-state index in [0.717, 1.165) is 0 Å². The summed E-state index contributed by atoms with van der Waals surface area (Å²) >= 11 is 1.87. The molecule has 0 spiro atoms. The summed E-state index contributed by atoms with van der Waals surface area (Å²) in [6, 6.07) is 20.1. The third-order valence-electron chi connectivity index (χ3n) is 4.11. The number of benzene rings is 2. The number of thiophene rings is 1. The fourth-order valence-electron chi connectivity index (χ4n) is 3.14. The molecule has 1 heterocycles. The van der Waals surface area contributed by atoms with Crippen molar-refractivity contribution < 1.29 is 0 Å². The lowest BCUT2D eigenvalue weighted by molar-refractivity contribution is 0.349. The molecular formula is C21H24S. The summed E-state index contributed by atoms with van der Waals surface area (Å²) in [5.41, 5.74) is 3.15. The second kappa shape index (κ2) is 5.89. The smallest absolute Gasteiger partial charge is 0.0355 e. The van der Waals surface area contributed by atoms with Gasteiger partial charge in [-0.25, -0.2) is 0 Å². The number of hydrogen-bond donors (Lipinski definition) is 0. The quantitative estimate of drug-likeness (QED) is 0.483. The summed E-state index contributed by atoms with van der Waals surface area (Å²) in [4.78, 5) is 1.36. The lowest BCUT2D eigenvalue weighted by atomic mass is 9.82. The minimum atomic E-state index is 0.379. The normalized spacial score (nSPS) is 13.5. The fraction of sp³-hybridized carbons (Fsp3) is 0.333. The molecule has 1 heteroatoms. The Hall–Kier alpha value is -1.60. The van der Waals surface area contributed by atoms with Gasteiger partial charge >= 0.3 is 0 Å². The molecule has 0 bridgehead atoms. The Bertz CT molecular complexity index is 723. The van der Waals surface area contributed by atoms with Crippen LogP contribution in [0.2, 0.25) is 0 Å². The van der Waals surface area contributed by atoms with Gasteiger partial charge in [0.1, 0.15) is 0 Å². The van der Waals surface area contributed by atoms with Crippen molar-refractivity contribution in [3.63, 3.8) is 0 Å². The maximum absolute atomic E-state index is 2.33. The molecule has 3 aromatic rings. The highest BCUT2D eigenvalue weighted by Gasteiger charge is 2.16. The first-order valence-corrected chi connectivity index (χ1v) is 8.83. The van der Waals surface area contributed by atoms with Crippen molar-refractivity contribution in [2.24, 2.45) is 5.41 Å². The SMILES string of the molecule is CC(CC(C)(C)C)c1ccc(-c2cc3ccccc3s2)cc1. The van der Waals surface area contributed by atoms with E-state index in [-0.39, 0.29) is 0 Å². The van der Waals surface area contributed by atoms with Gasteiger partial charge in [-0.3, -0.25) is 0 Å². The molecular weight excluding hydrogens is 284 g/mol. The van der Waals surface area contributed by atoms with E-state index < -0.39 is 0 Å².